The number of phenolic OH excluding ortho intramolecular Hbond substituents is 1. The molecule has 1 heterocycles. The van der Waals surface area contributed by atoms with Gasteiger partial charge in [-0.1, -0.05) is 28.1 Å². The molecule has 2 aromatic carbocycles. The normalized spacial score (nSPS) is 17.2. The zero-order chi connectivity index (χ0) is 12.5. The van der Waals surface area contributed by atoms with Crippen molar-refractivity contribution in [3.8, 4) is 5.75 Å². The minimum Gasteiger partial charge on any atom is -0.508 e. The highest BCUT2D eigenvalue weighted by molar-refractivity contribution is 9.10. The third-order valence-corrected chi connectivity index (χ3v) is 4.24. The van der Waals surface area contributed by atoms with Crippen LogP contribution in [0.15, 0.2) is 34.8 Å². The highest BCUT2D eigenvalue weighted by atomic mass is 79.9. The van der Waals surface area contributed by atoms with E-state index in [0.717, 1.165) is 36.0 Å². The minimum absolute atomic E-state index is 0.441. The summed E-state index contributed by atoms with van der Waals surface area (Å²) in [4.78, 5) is 0. The molecule has 0 amide bonds. The molecule has 3 rings (SSSR count). The van der Waals surface area contributed by atoms with Crippen LogP contribution in [0.2, 0.25) is 0 Å². The van der Waals surface area contributed by atoms with E-state index in [4.69, 9.17) is 0 Å². The van der Waals surface area contributed by atoms with E-state index in [-0.39, 0.29) is 0 Å². The summed E-state index contributed by atoms with van der Waals surface area (Å²) in [7, 11) is 0. The first-order valence-electron chi connectivity index (χ1n) is 6.37. The Hall–Kier alpha value is -1.06. The van der Waals surface area contributed by atoms with Crippen LogP contribution in [0.4, 0.5) is 0 Å². The standard InChI is InChI=1S/C15H16BrNO/c16-12-2-3-13-11(9-12)1-4-14(18)15(13)10-5-7-17-8-6-10/h1-4,9-10,17-18H,5-8H2. The predicted molar refractivity (Wildman–Crippen MR) is 78.2 cm³/mol. The summed E-state index contributed by atoms with van der Waals surface area (Å²) in [6.45, 7) is 2.08. The van der Waals surface area contributed by atoms with E-state index in [9.17, 15) is 5.11 Å². The molecule has 0 aliphatic carbocycles. The number of fused-ring (bicyclic) bond motifs is 1. The van der Waals surface area contributed by atoms with Crippen molar-refractivity contribution in [2.75, 3.05) is 13.1 Å². The number of halogens is 1. The molecule has 0 atom stereocenters. The van der Waals surface area contributed by atoms with Gasteiger partial charge in [0.25, 0.3) is 0 Å². The largest absolute Gasteiger partial charge is 0.508 e. The molecule has 2 nitrogen and oxygen atoms in total. The van der Waals surface area contributed by atoms with Gasteiger partial charge in [0, 0.05) is 10.0 Å². The summed E-state index contributed by atoms with van der Waals surface area (Å²) >= 11 is 3.50. The van der Waals surface area contributed by atoms with Crippen LogP contribution in [0.1, 0.15) is 24.3 Å². The van der Waals surface area contributed by atoms with Crippen molar-refractivity contribution in [3.63, 3.8) is 0 Å². The van der Waals surface area contributed by atoms with Crippen LogP contribution in [-0.4, -0.2) is 18.2 Å². The topological polar surface area (TPSA) is 32.3 Å². The molecule has 1 aliphatic rings. The molecular formula is C15H16BrNO. The lowest BCUT2D eigenvalue weighted by Gasteiger charge is -2.25. The molecule has 0 spiro atoms. The van der Waals surface area contributed by atoms with Gasteiger partial charge >= 0.3 is 0 Å². The summed E-state index contributed by atoms with van der Waals surface area (Å²) < 4.78 is 1.08. The molecule has 2 aromatic rings. The summed E-state index contributed by atoms with van der Waals surface area (Å²) in [6.07, 6.45) is 2.20. The molecule has 1 saturated heterocycles. The second-order valence-corrected chi connectivity index (χ2v) is 5.80. The molecule has 1 aliphatic heterocycles. The van der Waals surface area contributed by atoms with Gasteiger partial charge in [0.15, 0.2) is 0 Å². The number of benzene rings is 2. The quantitative estimate of drug-likeness (QED) is 0.840. The number of rotatable bonds is 1. The molecule has 0 radical (unpaired) electrons. The van der Waals surface area contributed by atoms with Gasteiger partial charge in [0.05, 0.1) is 0 Å². The fourth-order valence-corrected chi connectivity index (χ4v) is 3.23. The Morgan fingerprint density at radius 2 is 1.89 bits per heavy atom. The van der Waals surface area contributed by atoms with Gasteiger partial charge in [0.2, 0.25) is 0 Å². The van der Waals surface area contributed by atoms with E-state index in [1.54, 1.807) is 0 Å². The Labute approximate surface area is 115 Å². The number of phenols is 1. The second kappa shape index (κ2) is 4.90. The van der Waals surface area contributed by atoms with E-state index in [0.29, 0.717) is 11.7 Å². The molecule has 1 fully saturated rings. The van der Waals surface area contributed by atoms with Crippen molar-refractivity contribution < 1.29 is 5.11 Å². The smallest absolute Gasteiger partial charge is 0.119 e. The number of piperidine rings is 1. The van der Waals surface area contributed by atoms with Gasteiger partial charge in [-0.25, -0.2) is 0 Å². The van der Waals surface area contributed by atoms with Crippen molar-refractivity contribution >= 4 is 26.7 Å². The molecule has 0 aromatic heterocycles. The lowest BCUT2D eigenvalue weighted by atomic mass is 9.86. The molecule has 0 unspecified atom stereocenters. The van der Waals surface area contributed by atoms with Crippen molar-refractivity contribution in [3.05, 3.63) is 40.4 Å². The fourth-order valence-electron chi connectivity index (χ4n) is 2.85. The third-order valence-electron chi connectivity index (χ3n) is 3.75. The van der Waals surface area contributed by atoms with Crippen molar-refractivity contribution in [1.82, 2.24) is 5.32 Å². The molecule has 3 heteroatoms. The van der Waals surface area contributed by atoms with Gasteiger partial charge in [-0.15, -0.1) is 0 Å². The third kappa shape index (κ3) is 2.13. The van der Waals surface area contributed by atoms with Crippen LogP contribution in [-0.2, 0) is 0 Å². The van der Waals surface area contributed by atoms with Crippen LogP contribution in [0.25, 0.3) is 10.8 Å². The van der Waals surface area contributed by atoms with Crippen LogP contribution in [0.5, 0.6) is 5.75 Å². The van der Waals surface area contributed by atoms with Crippen LogP contribution >= 0.6 is 15.9 Å². The van der Waals surface area contributed by atoms with E-state index >= 15 is 0 Å². The maximum atomic E-state index is 10.2. The van der Waals surface area contributed by atoms with Gasteiger partial charge in [0.1, 0.15) is 5.75 Å². The first-order valence-corrected chi connectivity index (χ1v) is 7.17. The van der Waals surface area contributed by atoms with Crippen molar-refractivity contribution in [2.45, 2.75) is 18.8 Å². The van der Waals surface area contributed by atoms with Gasteiger partial charge < -0.3 is 10.4 Å². The SMILES string of the molecule is Oc1ccc2cc(Br)ccc2c1C1CCNCC1. The van der Waals surface area contributed by atoms with Gasteiger partial charge in [-0.3, -0.25) is 0 Å². The summed E-state index contributed by atoms with van der Waals surface area (Å²) in [5.74, 6) is 0.910. The van der Waals surface area contributed by atoms with Crippen LogP contribution in [0, 0.1) is 0 Å². The lowest BCUT2D eigenvalue weighted by Crippen LogP contribution is -2.26. The fraction of sp³-hybridized carbons (Fsp3) is 0.333. The number of aromatic hydroxyl groups is 1. The first kappa shape index (κ1) is 12.0. The number of hydrogen-bond donors (Lipinski definition) is 2. The molecule has 2 N–H and O–H groups in total. The Morgan fingerprint density at radius 1 is 1.11 bits per heavy atom. The maximum absolute atomic E-state index is 10.2. The predicted octanol–water partition coefficient (Wildman–Crippen LogP) is 3.77. The highest BCUT2D eigenvalue weighted by Crippen LogP contribution is 2.38. The molecule has 18 heavy (non-hydrogen) atoms. The maximum Gasteiger partial charge on any atom is 0.119 e. The average Bonchev–Trinajstić information content (AvgIpc) is 2.40. The Morgan fingerprint density at radius 3 is 2.67 bits per heavy atom. The zero-order valence-corrected chi connectivity index (χ0v) is 11.7. The molecule has 0 saturated carbocycles. The lowest BCUT2D eigenvalue weighted by molar-refractivity contribution is 0.427. The molecule has 94 valence electrons. The second-order valence-electron chi connectivity index (χ2n) is 4.89. The van der Waals surface area contributed by atoms with Crippen LogP contribution in [0.3, 0.4) is 0 Å². The monoisotopic (exact) mass is 305 g/mol. The Balaban J connectivity index is 2.16. The van der Waals surface area contributed by atoms with Crippen molar-refractivity contribution in [1.29, 1.82) is 0 Å². The molecular weight excluding hydrogens is 290 g/mol. The van der Waals surface area contributed by atoms with Gasteiger partial charge in [-0.2, -0.15) is 0 Å². The van der Waals surface area contributed by atoms with E-state index < -0.39 is 0 Å². The average molecular weight is 306 g/mol. The summed E-state index contributed by atoms with van der Waals surface area (Å²) in [5, 5.41) is 15.9. The Kier molecular flexibility index (Phi) is 3.27. The number of hydrogen-bond acceptors (Lipinski definition) is 2. The first-order chi connectivity index (χ1) is 8.75. The summed E-state index contributed by atoms with van der Waals surface area (Å²) in [5.41, 5.74) is 1.13. The van der Waals surface area contributed by atoms with Gasteiger partial charge in [-0.05, 0) is 60.8 Å². The van der Waals surface area contributed by atoms with Crippen molar-refractivity contribution in [2.24, 2.45) is 0 Å². The number of nitrogens with one attached hydrogen (secondary N) is 1. The van der Waals surface area contributed by atoms with Crippen LogP contribution < -0.4 is 5.32 Å². The van der Waals surface area contributed by atoms with E-state index in [2.05, 4.69) is 33.4 Å². The van der Waals surface area contributed by atoms with E-state index in [1.165, 1.54) is 10.8 Å². The highest BCUT2D eigenvalue weighted by Gasteiger charge is 2.20. The summed E-state index contributed by atoms with van der Waals surface area (Å²) in [6, 6.07) is 10.1. The van der Waals surface area contributed by atoms with E-state index in [1.807, 2.05) is 18.2 Å². The molecule has 0 bridgehead atoms. The minimum atomic E-state index is 0.441. The Bertz CT molecular complexity index is 576. The zero-order valence-electron chi connectivity index (χ0n) is 10.1.